The van der Waals surface area contributed by atoms with E-state index in [1.807, 2.05) is 42.7 Å². The summed E-state index contributed by atoms with van der Waals surface area (Å²) in [6.45, 7) is 5.00. The highest BCUT2D eigenvalue weighted by molar-refractivity contribution is 7.88. The Morgan fingerprint density at radius 2 is 1.56 bits per heavy atom. The minimum Gasteiger partial charge on any atom is -0.336 e. The van der Waals surface area contributed by atoms with E-state index in [1.54, 1.807) is 29.2 Å². The van der Waals surface area contributed by atoms with Crippen molar-refractivity contribution < 1.29 is 17.6 Å². The van der Waals surface area contributed by atoms with Crippen molar-refractivity contribution in [2.75, 3.05) is 26.2 Å². The van der Waals surface area contributed by atoms with Crippen LogP contribution in [0.1, 0.15) is 27.3 Å². The Morgan fingerprint density at radius 1 is 0.938 bits per heavy atom. The second-order valence-electron chi connectivity index (χ2n) is 8.03. The fourth-order valence-corrected chi connectivity index (χ4v) is 5.70. The molecule has 1 aliphatic heterocycles. The zero-order valence-electron chi connectivity index (χ0n) is 18.2. The number of sulfonamides is 1. The molecule has 0 aliphatic carbocycles. The van der Waals surface area contributed by atoms with Crippen LogP contribution in [0.3, 0.4) is 0 Å². The summed E-state index contributed by atoms with van der Waals surface area (Å²) in [5.41, 5.74) is 3.77. The van der Waals surface area contributed by atoms with Gasteiger partial charge in [0.05, 0.1) is 11.3 Å². The smallest absolute Gasteiger partial charge is 0.255 e. The van der Waals surface area contributed by atoms with E-state index in [0.717, 1.165) is 22.6 Å². The van der Waals surface area contributed by atoms with Crippen LogP contribution in [0, 0.1) is 19.7 Å². The standard InChI is InChI=1S/C24H26FN3O3S/c1-18-16-23(19(2)28(18)22-10-8-21(25)9-11-22)24(29)26-12-14-27(15-13-26)32(30,31)17-20-6-4-3-5-7-20/h3-11,16H,12-15,17H2,1-2H3. The molecule has 8 heteroatoms. The zero-order chi connectivity index (χ0) is 22.9. The molecule has 1 fully saturated rings. The van der Waals surface area contributed by atoms with Crippen molar-refractivity contribution in [1.29, 1.82) is 0 Å². The highest BCUT2D eigenvalue weighted by Crippen LogP contribution is 2.23. The Balaban J connectivity index is 1.46. The molecule has 0 atom stereocenters. The Hall–Kier alpha value is -2.97. The molecule has 1 aromatic heterocycles. The van der Waals surface area contributed by atoms with E-state index in [-0.39, 0.29) is 30.6 Å². The first-order valence-corrected chi connectivity index (χ1v) is 12.1. The molecule has 1 aliphatic rings. The SMILES string of the molecule is Cc1cc(C(=O)N2CCN(S(=O)(=O)Cc3ccccc3)CC2)c(C)n1-c1ccc(F)cc1. The monoisotopic (exact) mass is 455 g/mol. The molecular formula is C24H26FN3O3S. The number of hydrogen-bond acceptors (Lipinski definition) is 3. The molecule has 32 heavy (non-hydrogen) atoms. The van der Waals surface area contributed by atoms with Gasteiger partial charge in [-0.15, -0.1) is 0 Å². The van der Waals surface area contributed by atoms with Crippen molar-refractivity contribution in [2.24, 2.45) is 0 Å². The predicted molar refractivity (Wildman–Crippen MR) is 122 cm³/mol. The van der Waals surface area contributed by atoms with Gasteiger partial charge in [0, 0.05) is 43.3 Å². The van der Waals surface area contributed by atoms with E-state index in [4.69, 9.17) is 0 Å². The lowest BCUT2D eigenvalue weighted by molar-refractivity contribution is 0.0697. The third kappa shape index (κ3) is 4.47. The van der Waals surface area contributed by atoms with E-state index in [1.165, 1.54) is 16.4 Å². The fraction of sp³-hybridized carbons (Fsp3) is 0.292. The van der Waals surface area contributed by atoms with Crippen molar-refractivity contribution in [2.45, 2.75) is 19.6 Å². The normalized spacial score (nSPS) is 15.2. The first-order valence-electron chi connectivity index (χ1n) is 10.5. The molecule has 0 radical (unpaired) electrons. The van der Waals surface area contributed by atoms with Crippen LogP contribution in [-0.4, -0.2) is 54.3 Å². The van der Waals surface area contributed by atoms with Crippen LogP contribution in [0.25, 0.3) is 5.69 Å². The van der Waals surface area contributed by atoms with Gasteiger partial charge in [-0.2, -0.15) is 4.31 Å². The van der Waals surface area contributed by atoms with Gasteiger partial charge in [0.1, 0.15) is 5.82 Å². The van der Waals surface area contributed by atoms with Gasteiger partial charge in [-0.05, 0) is 49.7 Å². The van der Waals surface area contributed by atoms with Crippen LogP contribution in [-0.2, 0) is 15.8 Å². The summed E-state index contributed by atoms with van der Waals surface area (Å²) in [6.07, 6.45) is 0. The van der Waals surface area contributed by atoms with Gasteiger partial charge in [-0.25, -0.2) is 12.8 Å². The van der Waals surface area contributed by atoms with Crippen molar-refractivity contribution in [3.8, 4) is 5.69 Å². The molecule has 0 unspecified atom stereocenters. The van der Waals surface area contributed by atoms with E-state index in [9.17, 15) is 17.6 Å². The minimum absolute atomic E-state index is 0.0411. The number of carbonyl (C=O) groups excluding carboxylic acids is 1. The summed E-state index contributed by atoms with van der Waals surface area (Å²) in [6, 6.07) is 17.1. The molecule has 0 spiro atoms. The molecule has 4 rings (SSSR count). The Labute approximate surface area is 187 Å². The highest BCUT2D eigenvalue weighted by Gasteiger charge is 2.30. The van der Waals surface area contributed by atoms with Gasteiger partial charge in [0.15, 0.2) is 0 Å². The van der Waals surface area contributed by atoms with Crippen LogP contribution < -0.4 is 0 Å². The van der Waals surface area contributed by atoms with E-state index < -0.39 is 10.0 Å². The van der Waals surface area contributed by atoms with Gasteiger partial charge in [0.25, 0.3) is 5.91 Å². The number of nitrogens with zero attached hydrogens (tertiary/aromatic N) is 3. The van der Waals surface area contributed by atoms with E-state index in [2.05, 4.69) is 0 Å². The predicted octanol–water partition coefficient (Wildman–Crippen LogP) is 3.52. The Morgan fingerprint density at radius 3 is 2.19 bits per heavy atom. The third-order valence-corrected chi connectivity index (χ3v) is 7.71. The van der Waals surface area contributed by atoms with Crippen LogP contribution in [0.15, 0.2) is 60.7 Å². The first-order chi connectivity index (χ1) is 15.3. The maximum Gasteiger partial charge on any atom is 0.255 e. The maximum absolute atomic E-state index is 13.3. The summed E-state index contributed by atoms with van der Waals surface area (Å²) in [4.78, 5) is 14.9. The zero-order valence-corrected chi connectivity index (χ0v) is 19.0. The molecule has 1 amide bonds. The van der Waals surface area contributed by atoms with Crippen LogP contribution >= 0.6 is 0 Å². The minimum atomic E-state index is -3.44. The van der Waals surface area contributed by atoms with Gasteiger partial charge in [-0.1, -0.05) is 30.3 Å². The molecule has 0 N–H and O–H groups in total. The summed E-state index contributed by atoms with van der Waals surface area (Å²) < 4.78 is 42.2. The lowest BCUT2D eigenvalue weighted by atomic mass is 10.2. The van der Waals surface area contributed by atoms with Gasteiger partial charge in [0.2, 0.25) is 10.0 Å². The fourth-order valence-electron chi connectivity index (χ4n) is 4.18. The summed E-state index contributed by atoms with van der Waals surface area (Å²) >= 11 is 0. The third-order valence-electron chi connectivity index (χ3n) is 5.86. The number of amides is 1. The van der Waals surface area contributed by atoms with Gasteiger partial charge < -0.3 is 9.47 Å². The number of halogens is 1. The number of piperazine rings is 1. The molecule has 6 nitrogen and oxygen atoms in total. The first kappa shape index (κ1) is 22.2. The second kappa shape index (κ2) is 8.88. The number of carbonyl (C=O) groups is 1. The van der Waals surface area contributed by atoms with Crippen LogP contribution in [0.5, 0.6) is 0 Å². The topological polar surface area (TPSA) is 62.6 Å². The van der Waals surface area contributed by atoms with Crippen molar-refractivity contribution in [3.05, 3.63) is 89.0 Å². The van der Waals surface area contributed by atoms with Crippen LogP contribution in [0.4, 0.5) is 4.39 Å². The number of aryl methyl sites for hydroxylation is 1. The largest absolute Gasteiger partial charge is 0.336 e. The van der Waals surface area contributed by atoms with Crippen LogP contribution in [0.2, 0.25) is 0 Å². The molecule has 2 heterocycles. The van der Waals surface area contributed by atoms with E-state index >= 15 is 0 Å². The molecule has 0 bridgehead atoms. The van der Waals surface area contributed by atoms with Gasteiger partial charge >= 0.3 is 0 Å². The number of benzene rings is 2. The lowest BCUT2D eigenvalue weighted by Crippen LogP contribution is -2.50. The Bertz CT molecular complexity index is 1210. The number of rotatable bonds is 5. The highest BCUT2D eigenvalue weighted by atomic mass is 32.2. The summed E-state index contributed by atoms with van der Waals surface area (Å²) in [5.74, 6) is -0.472. The maximum atomic E-state index is 13.3. The van der Waals surface area contributed by atoms with Crippen molar-refractivity contribution >= 4 is 15.9 Å². The van der Waals surface area contributed by atoms with E-state index in [0.29, 0.717) is 18.7 Å². The van der Waals surface area contributed by atoms with Crippen molar-refractivity contribution in [3.63, 3.8) is 0 Å². The lowest BCUT2D eigenvalue weighted by Gasteiger charge is -2.34. The summed E-state index contributed by atoms with van der Waals surface area (Å²) in [5, 5.41) is 0. The van der Waals surface area contributed by atoms with Crippen molar-refractivity contribution in [1.82, 2.24) is 13.8 Å². The molecule has 1 saturated heterocycles. The molecule has 2 aromatic carbocycles. The number of aromatic nitrogens is 1. The molecule has 0 saturated carbocycles. The average molecular weight is 456 g/mol. The van der Waals surface area contributed by atoms with Gasteiger partial charge in [-0.3, -0.25) is 4.79 Å². The number of hydrogen-bond donors (Lipinski definition) is 0. The Kier molecular flexibility index (Phi) is 6.17. The second-order valence-corrected chi connectivity index (χ2v) is 10.00. The molecule has 168 valence electrons. The summed E-state index contributed by atoms with van der Waals surface area (Å²) in [7, 11) is -3.44. The average Bonchev–Trinajstić information content (AvgIpc) is 3.08. The molecular weight excluding hydrogens is 429 g/mol. The molecule has 3 aromatic rings. The quantitative estimate of drug-likeness (QED) is 0.591.